The number of ether oxygens (including phenoxy) is 1. The smallest absolute Gasteiger partial charge is 0.226 e. The molecule has 3 atom stereocenters. The maximum Gasteiger partial charge on any atom is 0.226 e. The van der Waals surface area contributed by atoms with Crippen molar-refractivity contribution in [3.8, 4) is 0 Å². The maximum atomic E-state index is 12.3. The summed E-state index contributed by atoms with van der Waals surface area (Å²) in [6.45, 7) is 3.08. The molecule has 2 aliphatic carbocycles. The predicted molar refractivity (Wildman–Crippen MR) is 56.3 cm³/mol. The third-order valence-electron chi connectivity index (χ3n) is 4.38. The van der Waals surface area contributed by atoms with Gasteiger partial charge in [-0.15, -0.1) is 0 Å². The van der Waals surface area contributed by atoms with E-state index in [9.17, 15) is 4.79 Å². The van der Waals surface area contributed by atoms with Crippen molar-refractivity contribution in [2.24, 2.45) is 17.8 Å². The van der Waals surface area contributed by atoms with E-state index in [4.69, 9.17) is 4.74 Å². The quantitative estimate of drug-likeness (QED) is 0.651. The van der Waals surface area contributed by atoms with Gasteiger partial charge in [-0.25, -0.2) is 0 Å². The molecule has 0 aromatic heterocycles. The van der Waals surface area contributed by atoms with E-state index in [1.807, 2.05) is 4.90 Å². The number of fused-ring (bicyclic) bond motifs is 2. The summed E-state index contributed by atoms with van der Waals surface area (Å²) in [5.74, 6) is 2.36. The second-order valence-corrected chi connectivity index (χ2v) is 5.22. The summed E-state index contributed by atoms with van der Waals surface area (Å²) in [5.41, 5.74) is 0. The van der Waals surface area contributed by atoms with Gasteiger partial charge in [0.05, 0.1) is 13.2 Å². The lowest BCUT2D eigenvalue weighted by molar-refractivity contribution is -0.141. The fourth-order valence-corrected chi connectivity index (χ4v) is 3.57. The summed E-state index contributed by atoms with van der Waals surface area (Å²) in [6, 6.07) is 0. The van der Waals surface area contributed by atoms with Gasteiger partial charge in [0.2, 0.25) is 5.91 Å². The van der Waals surface area contributed by atoms with Crippen LogP contribution in [0.25, 0.3) is 0 Å². The van der Waals surface area contributed by atoms with Gasteiger partial charge in [-0.2, -0.15) is 0 Å². The van der Waals surface area contributed by atoms with Gasteiger partial charge in [0.1, 0.15) is 0 Å². The molecule has 1 heterocycles. The Morgan fingerprint density at radius 1 is 1.13 bits per heavy atom. The van der Waals surface area contributed by atoms with E-state index in [1.54, 1.807) is 0 Å². The Kier molecular flexibility index (Phi) is 2.43. The Bertz CT molecular complexity index is 260. The van der Waals surface area contributed by atoms with E-state index in [1.165, 1.54) is 25.7 Å². The topological polar surface area (TPSA) is 29.5 Å². The molecule has 0 N–H and O–H groups in total. The first-order valence-electron chi connectivity index (χ1n) is 6.21. The number of amides is 1. The van der Waals surface area contributed by atoms with Crippen molar-refractivity contribution in [3.63, 3.8) is 0 Å². The van der Waals surface area contributed by atoms with Gasteiger partial charge in [-0.1, -0.05) is 6.42 Å². The molecule has 3 heteroatoms. The van der Waals surface area contributed by atoms with Gasteiger partial charge in [-0.3, -0.25) is 4.79 Å². The van der Waals surface area contributed by atoms with Crippen molar-refractivity contribution >= 4 is 5.91 Å². The van der Waals surface area contributed by atoms with E-state index < -0.39 is 0 Å². The molecule has 1 amide bonds. The number of carbonyl (C=O) groups excluding carboxylic acids is 1. The Labute approximate surface area is 90.8 Å². The zero-order valence-corrected chi connectivity index (χ0v) is 9.15. The van der Waals surface area contributed by atoms with Crippen LogP contribution in [0.15, 0.2) is 0 Å². The lowest BCUT2D eigenvalue weighted by Crippen LogP contribution is -2.44. The lowest BCUT2D eigenvalue weighted by atomic mass is 9.87. The van der Waals surface area contributed by atoms with Crippen LogP contribution >= 0.6 is 0 Å². The third-order valence-corrected chi connectivity index (χ3v) is 4.38. The van der Waals surface area contributed by atoms with Crippen LogP contribution in [-0.4, -0.2) is 37.1 Å². The van der Waals surface area contributed by atoms with Crippen molar-refractivity contribution in [1.82, 2.24) is 4.90 Å². The highest BCUT2D eigenvalue weighted by Gasteiger charge is 2.44. The molecule has 2 bridgehead atoms. The molecule has 3 fully saturated rings. The van der Waals surface area contributed by atoms with Gasteiger partial charge in [0.25, 0.3) is 0 Å². The van der Waals surface area contributed by atoms with Crippen LogP contribution in [0, 0.1) is 17.8 Å². The van der Waals surface area contributed by atoms with Gasteiger partial charge in [0, 0.05) is 19.0 Å². The van der Waals surface area contributed by atoms with Gasteiger partial charge < -0.3 is 9.64 Å². The second kappa shape index (κ2) is 3.78. The van der Waals surface area contributed by atoms with Gasteiger partial charge >= 0.3 is 0 Å². The molecule has 1 saturated heterocycles. The van der Waals surface area contributed by atoms with Crippen LogP contribution < -0.4 is 0 Å². The summed E-state index contributed by atoms with van der Waals surface area (Å²) in [6.07, 6.45) is 5.16. The van der Waals surface area contributed by atoms with E-state index >= 15 is 0 Å². The first kappa shape index (κ1) is 9.64. The summed E-state index contributed by atoms with van der Waals surface area (Å²) in [5, 5.41) is 0. The Morgan fingerprint density at radius 2 is 1.93 bits per heavy atom. The monoisotopic (exact) mass is 209 g/mol. The number of carbonyl (C=O) groups is 1. The summed E-state index contributed by atoms with van der Waals surface area (Å²) in [7, 11) is 0. The molecule has 0 aromatic rings. The predicted octanol–water partition coefficient (Wildman–Crippen LogP) is 1.28. The fourth-order valence-electron chi connectivity index (χ4n) is 3.57. The Morgan fingerprint density at radius 3 is 2.53 bits per heavy atom. The second-order valence-electron chi connectivity index (χ2n) is 5.22. The standard InChI is InChI=1S/C12H19NO2/c14-12(13-3-5-15-6-4-13)11-8-9-1-2-10(11)7-9/h9-11H,1-8H2/t9-,10-,11+/m0/s1. The number of hydrogen-bond acceptors (Lipinski definition) is 2. The highest BCUT2D eigenvalue weighted by atomic mass is 16.5. The van der Waals surface area contributed by atoms with Crippen LogP contribution in [0.4, 0.5) is 0 Å². The van der Waals surface area contributed by atoms with E-state index in [2.05, 4.69) is 0 Å². The van der Waals surface area contributed by atoms with Crippen LogP contribution in [0.1, 0.15) is 25.7 Å². The largest absolute Gasteiger partial charge is 0.378 e. The van der Waals surface area contributed by atoms with Crippen molar-refractivity contribution < 1.29 is 9.53 Å². The Hall–Kier alpha value is -0.570. The Balaban J connectivity index is 1.64. The zero-order chi connectivity index (χ0) is 10.3. The first-order chi connectivity index (χ1) is 7.34. The molecule has 0 spiro atoms. The van der Waals surface area contributed by atoms with Crippen molar-refractivity contribution in [1.29, 1.82) is 0 Å². The third kappa shape index (κ3) is 1.67. The highest BCUT2D eigenvalue weighted by molar-refractivity contribution is 5.79. The highest BCUT2D eigenvalue weighted by Crippen LogP contribution is 2.48. The maximum absolute atomic E-state index is 12.3. The van der Waals surface area contributed by atoms with Gasteiger partial charge in [0.15, 0.2) is 0 Å². The van der Waals surface area contributed by atoms with Gasteiger partial charge in [-0.05, 0) is 31.1 Å². The molecule has 2 saturated carbocycles. The van der Waals surface area contributed by atoms with Crippen LogP contribution in [0.2, 0.25) is 0 Å². The molecule has 3 aliphatic rings. The lowest BCUT2D eigenvalue weighted by Gasteiger charge is -2.32. The SMILES string of the molecule is O=C([C@@H]1C[C@H]2CC[C@H]1C2)N1CCOCC1. The molecule has 1 aliphatic heterocycles. The van der Waals surface area contributed by atoms with E-state index in [0.29, 0.717) is 17.7 Å². The van der Waals surface area contributed by atoms with Crippen molar-refractivity contribution in [2.75, 3.05) is 26.3 Å². The molecule has 0 radical (unpaired) electrons. The molecule has 0 unspecified atom stereocenters. The minimum Gasteiger partial charge on any atom is -0.378 e. The van der Waals surface area contributed by atoms with Crippen molar-refractivity contribution in [2.45, 2.75) is 25.7 Å². The molecular formula is C12H19NO2. The summed E-state index contributed by atoms with van der Waals surface area (Å²) in [4.78, 5) is 14.3. The summed E-state index contributed by atoms with van der Waals surface area (Å²) < 4.78 is 5.28. The minimum atomic E-state index is 0.363. The molecule has 3 rings (SSSR count). The number of hydrogen-bond donors (Lipinski definition) is 0. The minimum absolute atomic E-state index is 0.363. The average Bonchev–Trinajstić information content (AvgIpc) is 2.91. The molecule has 15 heavy (non-hydrogen) atoms. The number of morpholine rings is 1. The fraction of sp³-hybridized carbons (Fsp3) is 0.917. The summed E-state index contributed by atoms with van der Waals surface area (Å²) >= 11 is 0. The number of rotatable bonds is 1. The van der Waals surface area contributed by atoms with Crippen LogP contribution in [0.5, 0.6) is 0 Å². The molecular weight excluding hydrogens is 190 g/mol. The van der Waals surface area contributed by atoms with E-state index in [-0.39, 0.29) is 0 Å². The van der Waals surface area contributed by atoms with Crippen molar-refractivity contribution in [3.05, 3.63) is 0 Å². The molecule has 0 aromatic carbocycles. The number of nitrogens with zero attached hydrogens (tertiary/aromatic N) is 1. The average molecular weight is 209 g/mol. The first-order valence-corrected chi connectivity index (χ1v) is 6.21. The van der Waals surface area contributed by atoms with Crippen LogP contribution in [-0.2, 0) is 9.53 Å². The van der Waals surface area contributed by atoms with E-state index in [0.717, 1.165) is 32.2 Å². The normalized spacial score (nSPS) is 39.7. The zero-order valence-electron chi connectivity index (χ0n) is 9.15. The molecule has 3 nitrogen and oxygen atoms in total. The van der Waals surface area contributed by atoms with Crippen LogP contribution in [0.3, 0.4) is 0 Å². The molecule has 84 valence electrons.